The summed E-state index contributed by atoms with van der Waals surface area (Å²) in [6.45, 7) is 9.60. The lowest BCUT2D eigenvalue weighted by atomic mass is 10.0. The Labute approximate surface area is 171 Å². The molecule has 0 saturated carbocycles. The first kappa shape index (κ1) is 19.5. The Bertz CT molecular complexity index is 1050. The summed E-state index contributed by atoms with van der Waals surface area (Å²) in [5.41, 5.74) is 3.70. The number of nitrogens with zero attached hydrogens (tertiary/aromatic N) is 1. The molecule has 1 aliphatic rings. The number of para-hydroxylation sites is 1. The van der Waals surface area contributed by atoms with Crippen LogP contribution in [0, 0.1) is 6.92 Å². The fraction of sp³-hybridized carbons (Fsp3) is 0.375. The fourth-order valence-corrected chi connectivity index (χ4v) is 4.12. The molecule has 0 bridgehead atoms. The van der Waals surface area contributed by atoms with Gasteiger partial charge >= 0.3 is 0 Å². The van der Waals surface area contributed by atoms with E-state index in [1.54, 1.807) is 6.07 Å². The minimum absolute atomic E-state index is 0.00934. The summed E-state index contributed by atoms with van der Waals surface area (Å²) in [7, 11) is 0. The second kappa shape index (κ2) is 7.91. The number of morpholine rings is 1. The summed E-state index contributed by atoms with van der Waals surface area (Å²) in [4.78, 5) is 15.1. The van der Waals surface area contributed by atoms with Crippen LogP contribution in [0.15, 0.2) is 57.7 Å². The molecule has 1 fully saturated rings. The predicted molar refractivity (Wildman–Crippen MR) is 118 cm³/mol. The number of anilines is 2. The highest BCUT2D eigenvalue weighted by Crippen LogP contribution is 2.30. The summed E-state index contributed by atoms with van der Waals surface area (Å²) < 4.78 is 12.2. The second-order valence-corrected chi connectivity index (χ2v) is 8.07. The number of ether oxygens (including phenoxy) is 1. The third-order valence-corrected chi connectivity index (χ3v) is 5.34. The highest BCUT2D eigenvalue weighted by molar-refractivity contribution is 5.82. The van der Waals surface area contributed by atoms with Gasteiger partial charge in [-0.3, -0.25) is 4.79 Å². The Kier molecular flexibility index (Phi) is 5.33. The van der Waals surface area contributed by atoms with Crippen molar-refractivity contribution in [1.29, 1.82) is 0 Å². The zero-order valence-corrected chi connectivity index (χ0v) is 17.4. The van der Waals surface area contributed by atoms with Crippen LogP contribution >= 0.6 is 0 Å². The van der Waals surface area contributed by atoms with Crippen molar-refractivity contribution < 1.29 is 9.15 Å². The van der Waals surface area contributed by atoms with Gasteiger partial charge in [-0.2, -0.15) is 0 Å². The third kappa shape index (κ3) is 4.15. The largest absolute Gasteiger partial charge is 0.440 e. The average molecular weight is 392 g/mol. The average Bonchev–Trinajstić information content (AvgIpc) is 2.68. The highest BCUT2D eigenvalue weighted by Gasteiger charge is 2.25. The van der Waals surface area contributed by atoms with Gasteiger partial charge in [-0.1, -0.05) is 24.3 Å². The maximum atomic E-state index is 13.0. The first-order valence-corrected chi connectivity index (χ1v) is 10.2. The van der Waals surface area contributed by atoms with E-state index in [0.29, 0.717) is 29.9 Å². The molecule has 1 aromatic heterocycles. The van der Waals surface area contributed by atoms with Crippen LogP contribution in [0.1, 0.15) is 37.9 Å². The van der Waals surface area contributed by atoms with E-state index in [9.17, 15) is 4.79 Å². The predicted octanol–water partition coefficient (Wildman–Crippen LogP) is 4.89. The quantitative estimate of drug-likeness (QED) is 0.685. The maximum absolute atomic E-state index is 13.0. The minimum atomic E-state index is -0.0132. The monoisotopic (exact) mass is 392 g/mol. The Morgan fingerprint density at radius 3 is 2.45 bits per heavy atom. The number of hydrogen-bond acceptors (Lipinski definition) is 5. The lowest BCUT2D eigenvalue weighted by Gasteiger charge is -2.35. The van der Waals surface area contributed by atoms with E-state index in [1.165, 1.54) is 0 Å². The molecule has 152 valence electrons. The van der Waals surface area contributed by atoms with E-state index in [1.807, 2.05) is 57.2 Å². The second-order valence-electron chi connectivity index (χ2n) is 8.07. The minimum Gasteiger partial charge on any atom is -0.440 e. The van der Waals surface area contributed by atoms with E-state index in [0.717, 1.165) is 16.8 Å². The number of hydrogen-bond donors (Lipinski definition) is 1. The summed E-state index contributed by atoms with van der Waals surface area (Å²) in [5.74, 6) is 0.613. The molecule has 1 aliphatic heterocycles. The van der Waals surface area contributed by atoms with Crippen molar-refractivity contribution in [3.63, 3.8) is 0 Å². The van der Waals surface area contributed by atoms with E-state index in [2.05, 4.69) is 23.2 Å². The molecule has 4 rings (SSSR count). The van der Waals surface area contributed by atoms with Gasteiger partial charge in [-0.25, -0.2) is 0 Å². The molecule has 3 unspecified atom stereocenters. The molecule has 29 heavy (non-hydrogen) atoms. The standard InChI is InChI=1S/C24H28N2O3/c1-15-10-20(18(4)25-19-8-6-5-7-9-19)24-21(11-15)22(27)12-23(29-24)26-13-16(2)28-17(3)14-26/h5-12,16-18,25H,13-14H2,1-4H3. The number of fused-ring (bicyclic) bond motifs is 1. The van der Waals surface area contributed by atoms with Gasteiger partial charge in [-0.15, -0.1) is 0 Å². The van der Waals surface area contributed by atoms with Crippen LogP contribution in [0.25, 0.3) is 11.0 Å². The van der Waals surface area contributed by atoms with Gasteiger partial charge in [0.2, 0.25) is 0 Å². The molecule has 0 spiro atoms. The zero-order valence-electron chi connectivity index (χ0n) is 17.4. The van der Waals surface area contributed by atoms with E-state index in [-0.39, 0.29) is 23.7 Å². The molecule has 3 atom stereocenters. The van der Waals surface area contributed by atoms with E-state index in [4.69, 9.17) is 9.15 Å². The smallest absolute Gasteiger partial charge is 0.200 e. The van der Waals surface area contributed by atoms with Crippen molar-refractivity contribution in [1.82, 2.24) is 0 Å². The van der Waals surface area contributed by atoms with Crippen molar-refractivity contribution in [3.8, 4) is 0 Å². The molecular formula is C24H28N2O3. The van der Waals surface area contributed by atoms with Gasteiger partial charge in [0, 0.05) is 30.4 Å². The summed E-state index contributed by atoms with van der Waals surface area (Å²) in [6, 6.07) is 15.7. The molecule has 5 nitrogen and oxygen atoms in total. The Balaban J connectivity index is 1.77. The number of rotatable bonds is 4. The molecule has 5 heteroatoms. The molecule has 0 aliphatic carbocycles. The molecule has 1 saturated heterocycles. The fourth-order valence-electron chi connectivity index (χ4n) is 4.12. The molecule has 0 radical (unpaired) electrons. The van der Waals surface area contributed by atoms with E-state index >= 15 is 0 Å². The highest BCUT2D eigenvalue weighted by atomic mass is 16.5. The van der Waals surface area contributed by atoms with Crippen molar-refractivity contribution in [2.45, 2.75) is 45.9 Å². The van der Waals surface area contributed by atoms with Crippen LogP contribution in [-0.2, 0) is 4.74 Å². The first-order chi connectivity index (χ1) is 13.9. The molecule has 3 aromatic rings. The van der Waals surface area contributed by atoms with Crippen molar-refractivity contribution >= 4 is 22.5 Å². The van der Waals surface area contributed by atoms with Gasteiger partial charge in [0.1, 0.15) is 5.58 Å². The number of aryl methyl sites for hydroxylation is 1. The Morgan fingerprint density at radius 2 is 1.76 bits per heavy atom. The SMILES string of the molecule is Cc1cc(C(C)Nc2ccccc2)c2oc(N3CC(C)OC(C)C3)cc(=O)c2c1. The van der Waals surface area contributed by atoms with E-state index < -0.39 is 0 Å². The molecule has 1 N–H and O–H groups in total. The normalized spacial score (nSPS) is 20.6. The lowest BCUT2D eigenvalue weighted by molar-refractivity contribution is -0.00638. The van der Waals surface area contributed by atoms with Gasteiger partial charge < -0.3 is 19.4 Å². The zero-order chi connectivity index (χ0) is 20.5. The van der Waals surface area contributed by atoms with Crippen LogP contribution < -0.4 is 15.6 Å². The van der Waals surface area contributed by atoms with Crippen LogP contribution in [-0.4, -0.2) is 25.3 Å². The maximum Gasteiger partial charge on any atom is 0.200 e. The lowest BCUT2D eigenvalue weighted by Crippen LogP contribution is -2.45. The van der Waals surface area contributed by atoms with Crippen LogP contribution in [0.4, 0.5) is 11.6 Å². The Hall–Kier alpha value is -2.79. The van der Waals surface area contributed by atoms with Gasteiger partial charge in [0.15, 0.2) is 11.3 Å². The van der Waals surface area contributed by atoms with Crippen LogP contribution in [0.3, 0.4) is 0 Å². The summed E-state index contributed by atoms with van der Waals surface area (Å²) in [5, 5.41) is 4.14. The molecular weight excluding hydrogens is 364 g/mol. The summed E-state index contributed by atoms with van der Waals surface area (Å²) >= 11 is 0. The van der Waals surface area contributed by atoms with Crippen molar-refractivity contribution in [2.75, 3.05) is 23.3 Å². The number of nitrogens with one attached hydrogen (secondary N) is 1. The molecule has 2 aromatic carbocycles. The number of benzene rings is 2. The molecule has 0 amide bonds. The Morgan fingerprint density at radius 1 is 1.07 bits per heavy atom. The van der Waals surface area contributed by atoms with Crippen LogP contribution in [0.5, 0.6) is 0 Å². The third-order valence-electron chi connectivity index (χ3n) is 5.34. The van der Waals surface area contributed by atoms with Gasteiger partial charge in [0.05, 0.1) is 23.6 Å². The molecule has 2 heterocycles. The van der Waals surface area contributed by atoms with Gasteiger partial charge in [0.25, 0.3) is 0 Å². The van der Waals surface area contributed by atoms with Gasteiger partial charge in [-0.05, 0) is 51.5 Å². The van der Waals surface area contributed by atoms with Crippen molar-refractivity contribution in [3.05, 3.63) is 69.9 Å². The van der Waals surface area contributed by atoms with Crippen LogP contribution in [0.2, 0.25) is 0 Å². The topological polar surface area (TPSA) is 54.7 Å². The first-order valence-electron chi connectivity index (χ1n) is 10.2. The summed E-state index contributed by atoms with van der Waals surface area (Å²) in [6.07, 6.45) is 0.187. The van der Waals surface area contributed by atoms with Crippen molar-refractivity contribution in [2.24, 2.45) is 0 Å².